The molecule has 3 nitrogen and oxygen atoms in total. The second kappa shape index (κ2) is 5.78. The summed E-state index contributed by atoms with van der Waals surface area (Å²) in [6.45, 7) is 0.294. The minimum atomic E-state index is -0.322. The first kappa shape index (κ1) is 15.3. The van der Waals surface area contributed by atoms with Gasteiger partial charge in [-0.2, -0.15) is 0 Å². The summed E-state index contributed by atoms with van der Waals surface area (Å²) in [5.41, 5.74) is 4.59. The number of hydrogen-bond donors (Lipinski definition) is 0. The molecular weight excluding hydrogens is 349 g/mol. The van der Waals surface area contributed by atoms with Gasteiger partial charge in [-0.05, 0) is 30.3 Å². The molecule has 0 fully saturated rings. The molecule has 0 unspecified atom stereocenters. The minimum Gasteiger partial charge on any atom is -0.319 e. The fraction of sp³-hybridized carbons (Fsp3) is 0.0476. The van der Waals surface area contributed by atoms with E-state index in [1.165, 1.54) is 6.07 Å². The maximum Gasteiger partial charge on any atom is 0.160 e. The van der Waals surface area contributed by atoms with Crippen molar-refractivity contribution in [3.05, 3.63) is 83.1 Å². The highest BCUT2D eigenvalue weighted by molar-refractivity contribution is 6.31. The predicted octanol–water partition coefficient (Wildman–Crippen LogP) is 5.58. The molecule has 2 aromatic heterocycles. The molecule has 0 aliphatic heterocycles. The Labute approximate surface area is 153 Å². The third-order valence-corrected chi connectivity index (χ3v) is 4.99. The van der Waals surface area contributed by atoms with E-state index in [4.69, 9.17) is 21.6 Å². The van der Waals surface area contributed by atoms with E-state index in [-0.39, 0.29) is 5.82 Å². The Morgan fingerprint density at radius 1 is 0.846 bits per heavy atom. The van der Waals surface area contributed by atoms with Crippen LogP contribution in [-0.4, -0.2) is 14.5 Å². The van der Waals surface area contributed by atoms with Gasteiger partial charge in [0.25, 0.3) is 0 Å². The van der Waals surface area contributed by atoms with E-state index in [9.17, 15) is 4.39 Å². The fourth-order valence-electron chi connectivity index (χ4n) is 3.38. The molecule has 126 valence electrons. The first-order valence-corrected chi connectivity index (χ1v) is 8.67. The molecule has 26 heavy (non-hydrogen) atoms. The van der Waals surface area contributed by atoms with Crippen LogP contribution in [0, 0.1) is 5.82 Å². The largest absolute Gasteiger partial charge is 0.319 e. The van der Waals surface area contributed by atoms with Crippen LogP contribution in [0.1, 0.15) is 5.56 Å². The molecule has 0 radical (unpaired) electrons. The number of benzene rings is 3. The molecular formula is C21H13ClFN3. The highest BCUT2D eigenvalue weighted by Gasteiger charge is 2.16. The van der Waals surface area contributed by atoms with Gasteiger partial charge in [0.2, 0.25) is 0 Å². The first-order chi connectivity index (χ1) is 12.7. The summed E-state index contributed by atoms with van der Waals surface area (Å²) in [6.07, 6.45) is 0. The summed E-state index contributed by atoms with van der Waals surface area (Å²) >= 11 is 6.25. The van der Waals surface area contributed by atoms with Gasteiger partial charge in [-0.3, -0.25) is 0 Å². The van der Waals surface area contributed by atoms with Crippen LogP contribution in [0.3, 0.4) is 0 Å². The number of aromatic nitrogens is 3. The second-order valence-electron chi connectivity index (χ2n) is 6.19. The lowest BCUT2D eigenvalue weighted by Gasteiger charge is -2.10. The summed E-state index contributed by atoms with van der Waals surface area (Å²) in [4.78, 5) is 9.61. The van der Waals surface area contributed by atoms with E-state index in [2.05, 4.69) is 0 Å². The molecule has 0 N–H and O–H groups in total. The van der Waals surface area contributed by atoms with Crippen molar-refractivity contribution in [1.82, 2.24) is 14.5 Å². The van der Waals surface area contributed by atoms with Crippen molar-refractivity contribution in [2.45, 2.75) is 6.54 Å². The van der Waals surface area contributed by atoms with Gasteiger partial charge >= 0.3 is 0 Å². The molecule has 0 saturated heterocycles. The van der Waals surface area contributed by atoms with E-state index in [1.807, 2.05) is 53.1 Å². The molecule has 2 heterocycles. The molecule has 3 aromatic carbocycles. The Bertz CT molecular complexity index is 1270. The third kappa shape index (κ3) is 2.26. The number of nitrogens with zero attached hydrogens (tertiary/aromatic N) is 3. The van der Waals surface area contributed by atoms with Crippen LogP contribution < -0.4 is 0 Å². The molecule has 0 saturated carbocycles. The molecule has 0 bridgehead atoms. The van der Waals surface area contributed by atoms with E-state index in [0.29, 0.717) is 17.1 Å². The zero-order chi connectivity index (χ0) is 17.7. The third-order valence-electron chi connectivity index (χ3n) is 4.64. The molecule has 5 rings (SSSR count). The van der Waals surface area contributed by atoms with Crippen LogP contribution in [0.15, 0.2) is 66.7 Å². The van der Waals surface area contributed by atoms with Crippen LogP contribution in [0.5, 0.6) is 0 Å². The number of rotatable bonds is 2. The van der Waals surface area contributed by atoms with Crippen LogP contribution in [0.4, 0.5) is 4.39 Å². The van der Waals surface area contributed by atoms with Crippen molar-refractivity contribution in [2.75, 3.05) is 0 Å². The molecule has 0 atom stereocenters. The van der Waals surface area contributed by atoms with Crippen LogP contribution in [0.25, 0.3) is 33.1 Å². The van der Waals surface area contributed by atoms with Crippen molar-refractivity contribution < 1.29 is 4.39 Å². The van der Waals surface area contributed by atoms with Gasteiger partial charge in [-0.15, -0.1) is 0 Å². The Balaban J connectivity index is 1.86. The lowest BCUT2D eigenvalue weighted by Crippen LogP contribution is -2.04. The van der Waals surface area contributed by atoms with Crippen molar-refractivity contribution in [3.63, 3.8) is 0 Å². The van der Waals surface area contributed by atoms with Crippen LogP contribution in [0.2, 0.25) is 5.02 Å². The Kier molecular flexibility index (Phi) is 3.40. The zero-order valence-electron chi connectivity index (χ0n) is 13.7. The van der Waals surface area contributed by atoms with Crippen LogP contribution in [-0.2, 0) is 6.54 Å². The summed E-state index contributed by atoms with van der Waals surface area (Å²) in [5.74, 6) is -0.322. The summed E-state index contributed by atoms with van der Waals surface area (Å²) in [7, 11) is 0. The maximum atomic E-state index is 14.4. The van der Waals surface area contributed by atoms with E-state index in [1.54, 1.807) is 12.1 Å². The molecule has 0 aliphatic carbocycles. The monoisotopic (exact) mass is 361 g/mol. The number of para-hydroxylation sites is 3. The summed E-state index contributed by atoms with van der Waals surface area (Å²) in [6, 6.07) is 20.4. The maximum absolute atomic E-state index is 14.4. The average molecular weight is 362 g/mol. The summed E-state index contributed by atoms with van der Waals surface area (Å²) in [5, 5.41) is 1.40. The smallest absolute Gasteiger partial charge is 0.160 e. The molecule has 5 heteroatoms. The normalized spacial score (nSPS) is 11.6. The van der Waals surface area contributed by atoms with Gasteiger partial charge in [0.15, 0.2) is 5.65 Å². The highest BCUT2D eigenvalue weighted by Crippen LogP contribution is 2.30. The SMILES string of the molecule is Fc1cccc(Cl)c1Cn1c2ccccc2c2nc3ccccc3nc21. The minimum absolute atomic E-state index is 0.294. The number of fused-ring (bicyclic) bond motifs is 4. The number of halogens is 2. The summed E-state index contributed by atoms with van der Waals surface area (Å²) < 4.78 is 16.3. The quantitative estimate of drug-likeness (QED) is 0.411. The van der Waals surface area contributed by atoms with Gasteiger partial charge in [0.05, 0.1) is 23.1 Å². The van der Waals surface area contributed by atoms with Crippen LogP contribution >= 0.6 is 11.6 Å². The Morgan fingerprint density at radius 3 is 2.38 bits per heavy atom. The lowest BCUT2D eigenvalue weighted by molar-refractivity contribution is 0.603. The van der Waals surface area contributed by atoms with Gasteiger partial charge in [-0.25, -0.2) is 14.4 Å². The molecule has 0 amide bonds. The highest BCUT2D eigenvalue weighted by atomic mass is 35.5. The van der Waals surface area contributed by atoms with Gasteiger partial charge in [0.1, 0.15) is 11.3 Å². The fourth-order valence-corrected chi connectivity index (χ4v) is 3.61. The number of hydrogen-bond acceptors (Lipinski definition) is 2. The van der Waals surface area contributed by atoms with E-state index >= 15 is 0 Å². The standard InChI is InChI=1S/C21H13ClFN3/c22-15-7-5-8-16(23)14(15)12-26-19-11-4-1-6-13(19)20-21(26)25-18-10-3-2-9-17(18)24-20/h1-11H,12H2. The van der Waals surface area contributed by atoms with Gasteiger partial charge in [0, 0.05) is 16.0 Å². The van der Waals surface area contributed by atoms with E-state index in [0.717, 1.165) is 33.1 Å². The molecule has 0 spiro atoms. The zero-order valence-corrected chi connectivity index (χ0v) is 14.4. The second-order valence-corrected chi connectivity index (χ2v) is 6.60. The van der Waals surface area contributed by atoms with Crippen molar-refractivity contribution in [3.8, 4) is 0 Å². The van der Waals surface area contributed by atoms with Crippen molar-refractivity contribution >= 4 is 44.7 Å². The molecule has 5 aromatic rings. The molecule has 0 aliphatic rings. The van der Waals surface area contributed by atoms with E-state index < -0.39 is 0 Å². The van der Waals surface area contributed by atoms with Crippen molar-refractivity contribution in [2.24, 2.45) is 0 Å². The Morgan fingerprint density at radius 2 is 1.58 bits per heavy atom. The average Bonchev–Trinajstić information content (AvgIpc) is 2.96. The Hall–Kier alpha value is -2.98. The van der Waals surface area contributed by atoms with Crippen molar-refractivity contribution in [1.29, 1.82) is 0 Å². The predicted molar refractivity (Wildman–Crippen MR) is 103 cm³/mol. The van der Waals surface area contributed by atoms with Gasteiger partial charge in [-0.1, -0.05) is 48.0 Å². The topological polar surface area (TPSA) is 30.7 Å². The van der Waals surface area contributed by atoms with Gasteiger partial charge < -0.3 is 4.57 Å². The lowest BCUT2D eigenvalue weighted by atomic mass is 10.2. The first-order valence-electron chi connectivity index (χ1n) is 8.29.